The Kier molecular flexibility index (Phi) is 5.14. The molecule has 0 saturated carbocycles. The molecule has 0 aliphatic heterocycles. The van der Waals surface area contributed by atoms with Crippen molar-refractivity contribution in [3.8, 4) is 0 Å². The van der Waals surface area contributed by atoms with Gasteiger partial charge in [-0.05, 0) is 35.2 Å². The van der Waals surface area contributed by atoms with E-state index in [-0.39, 0.29) is 17.9 Å². The summed E-state index contributed by atoms with van der Waals surface area (Å²) in [5, 5.41) is 11.9. The van der Waals surface area contributed by atoms with Crippen molar-refractivity contribution in [1.82, 2.24) is 10.8 Å². The van der Waals surface area contributed by atoms with Crippen LogP contribution in [-0.2, 0) is 11.2 Å². The number of hydrogen-bond acceptors (Lipinski definition) is 3. The van der Waals surface area contributed by atoms with Crippen LogP contribution in [0.1, 0.15) is 58.8 Å². The molecule has 2 aromatic rings. The van der Waals surface area contributed by atoms with Gasteiger partial charge in [0.15, 0.2) is 0 Å². The van der Waals surface area contributed by atoms with Crippen molar-refractivity contribution in [3.63, 3.8) is 0 Å². The average Bonchev–Trinajstić information content (AvgIpc) is 2.64. The second kappa shape index (κ2) is 7.49. The quantitative estimate of drug-likeness (QED) is 0.559. The third-order valence-corrected chi connectivity index (χ3v) is 4.71. The number of benzene rings is 2. The third kappa shape index (κ3) is 3.56. The fourth-order valence-corrected chi connectivity index (χ4v) is 3.50. The van der Waals surface area contributed by atoms with Crippen LogP contribution in [-0.4, -0.2) is 17.0 Å². The number of amides is 2. The van der Waals surface area contributed by atoms with Crippen molar-refractivity contribution >= 4 is 11.8 Å². The highest BCUT2D eigenvalue weighted by atomic mass is 16.5. The summed E-state index contributed by atoms with van der Waals surface area (Å²) in [6.07, 6.45) is 2.29. The van der Waals surface area contributed by atoms with E-state index in [2.05, 4.69) is 12.2 Å². The lowest BCUT2D eigenvalue weighted by molar-refractivity contribution is -0.121. The topological polar surface area (TPSA) is 78.4 Å². The zero-order valence-corrected chi connectivity index (χ0v) is 14.2. The Morgan fingerprint density at radius 3 is 2.52 bits per heavy atom. The molecule has 0 spiro atoms. The molecule has 1 aliphatic carbocycles. The molecular formula is C20H22N2O3. The van der Waals surface area contributed by atoms with Gasteiger partial charge in [-0.15, -0.1) is 0 Å². The number of hydrogen-bond donors (Lipinski definition) is 3. The van der Waals surface area contributed by atoms with Crippen LogP contribution < -0.4 is 10.8 Å². The van der Waals surface area contributed by atoms with Crippen molar-refractivity contribution in [3.05, 3.63) is 70.8 Å². The van der Waals surface area contributed by atoms with Gasteiger partial charge in [0, 0.05) is 11.5 Å². The molecule has 2 unspecified atom stereocenters. The van der Waals surface area contributed by atoms with Crippen molar-refractivity contribution in [1.29, 1.82) is 0 Å². The molecule has 0 radical (unpaired) electrons. The van der Waals surface area contributed by atoms with E-state index >= 15 is 0 Å². The molecule has 0 saturated heterocycles. The maximum Gasteiger partial charge on any atom is 0.274 e. The Hall–Kier alpha value is -2.66. The smallest absolute Gasteiger partial charge is 0.274 e. The molecule has 0 heterocycles. The lowest BCUT2D eigenvalue weighted by Gasteiger charge is -2.40. The first-order valence-electron chi connectivity index (χ1n) is 8.55. The Morgan fingerprint density at radius 2 is 1.84 bits per heavy atom. The highest BCUT2D eigenvalue weighted by molar-refractivity contribution is 5.94. The van der Waals surface area contributed by atoms with Gasteiger partial charge in [-0.1, -0.05) is 49.7 Å². The lowest BCUT2D eigenvalue weighted by Crippen LogP contribution is -2.40. The van der Waals surface area contributed by atoms with Crippen molar-refractivity contribution in [2.45, 2.75) is 38.1 Å². The fraction of sp³-hybridized carbons (Fsp3) is 0.300. The average molecular weight is 338 g/mol. The van der Waals surface area contributed by atoms with Gasteiger partial charge >= 0.3 is 0 Å². The first kappa shape index (κ1) is 17.2. The summed E-state index contributed by atoms with van der Waals surface area (Å²) in [4.78, 5) is 24.0. The van der Waals surface area contributed by atoms with E-state index < -0.39 is 5.91 Å². The summed E-state index contributed by atoms with van der Waals surface area (Å²) in [6, 6.07) is 15.0. The molecule has 0 fully saturated rings. The number of carbonyl (C=O) groups excluding carboxylic acids is 2. The molecule has 25 heavy (non-hydrogen) atoms. The number of carbonyl (C=O) groups is 2. The fourth-order valence-electron chi connectivity index (χ4n) is 3.50. The van der Waals surface area contributed by atoms with Gasteiger partial charge in [0.25, 0.3) is 5.91 Å². The summed E-state index contributed by atoms with van der Waals surface area (Å²) in [7, 11) is 0. The molecule has 3 rings (SSSR count). The maximum absolute atomic E-state index is 12.4. The van der Waals surface area contributed by atoms with Crippen LogP contribution in [0.5, 0.6) is 0 Å². The zero-order chi connectivity index (χ0) is 17.8. The van der Waals surface area contributed by atoms with E-state index in [1.807, 2.05) is 36.4 Å². The third-order valence-electron chi connectivity index (χ3n) is 4.71. The summed E-state index contributed by atoms with van der Waals surface area (Å²) in [5.74, 6) is -0.319. The predicted octanol–water partition coefficient (Wildman–Crippen LogP) is 3.10. The monoisotopic (exact) mass is 338 g/mol. The SMILES string of the molecule is CCCC1c2cc(C(=O)NO)ccc2C1NC(=O)Cc1ccccc1. The number of hydroxylamine groups is 1. The van der Waals surface area contributed by atoms with Crippen LogP contribution in [0.25, 0.3) is 0 Å². The lowest BCUT2D eigenvalue weighted by atomic mass is 9.70. The summed E-state index contributed by atoms with van der Waals surface area (Å²) in [6.45, 7) is 2.10. The number of fused-ring (bicyclic) bond motifs is 1. The first-order chi connectivity index (χ1) is 12.1. The Balaban J connectivity index is 1.74. The summed E-state index contributed by atoms with van der Waals surface area (Å²) in [5.41, 5.74) is 5.20. The van der Waals surface area contributed by atoms with Crippen LogP contribution in [0.15, 0.2) is 48.5 Å². The minimum absolute atomic E-state index is 0.000121. The second-order valence-electron chi connectivity index (χ2n) is 6.39. The summed E-state index contributed by atoms with van der Waals surface area (Å²) < 4.78 is 0. The van der Waals surface area contributed by atoms with Crippen LogP contribution in [0.2, 0.25) is 0 Å². The van der Waals surface area contributed by atoms with E-state index in [1.165, 1.54) is 0 Å². The number of nitrogens with one attached hydrogen (secondary N) is 2. The molecule has 2 amide bonds. The van der Waals surface area contributed by atoms with Gasteiger partial charge in [0.1, 0.15) is 0 Å². The highest BCUT2D eigenvalue weighted by Gasteiger charge is 2.38. The van der Waals surface area contributed by atoms with Gasteiger partial charge < -0.3 is 5.32 Å². The zero-order valence-electron chi connectivity index (χ0n) is 14.2. The molecular weight excluding hydrogens is 316 g/mol. The minimum atomic E-state index is -0.519. The van der Waals surface area contributed by atoms with Crippen LogP contribution in [0, 0.1) is 0 Å². The first-order valence-corrected chi connectivity index (χ1v) is 8.55. The van der Waals surface area contributed by atoms with E-state index in [0.717, 1.165) is 29.5 Å². The molecule has 5 heteroatoms. The molecule has 130 valence electrons. The number of rotatable bonds is 6. The second-order valence-corrected chi connectivity index (χ2v) is 6.39. The van der Waals surface area contributed by atoms with E-state index in [9.17, 15) is 9.59 Å². The predicted molar refractivity (Wildman–Crippen MR) is 94.4 cm³/mol. The maximum atomic E-state index is 12.4. The van der Waals surface area contributed by atoms with E-state index in [1.54, 1.807) is 17.6 Å². The van der Waals surface area contributed by atoms with Crippen LogP contribution in [0.4, 0.5) is 0 Å². The molecule has 3 N–H and O–H groups in total. The Bertz CT molecular complexity index is 774. The highest BCUT2D eigenvalue weighted by Crippen LogP contribution is 2.47. The summed E-state index contributed by atoms with van der Waals surface area (Å²) >= 11 is 0. The molecule has 0 bridgehead atoms. The van der Waals surface area contributed by atoms with Crippen molar-refractivity contribution in [2.24, 2.45) is 0 Å². The van der Waals surface area contributed by atoms with E-state index in [0.29, 0.717) is 12.0 Å². The van der Waals surface area contributed by atoms with Crippen LogP contribution in [0.3, 0.4) is 0 Å². The molecule has 2 atom stereocenters. The van der Waals surface area contributed by atoms with E-state index in [4.69, 9.17) is 5.21 Å². The van der Waals surface area contributed by atoms with Crippen molar-refractivity contribution < 1.29 is 14.8 Å². The van der Waals surface area contributed by atoms with Gasteiger partial charge in [-0.3, -0.25) is 14.8 Å². The van der Waals surface area contributed by atoms with Gasteiger partial charge in [0.05, 0.1) is 12.5 Å². The van der Waals surface area contributed by atoms with Gasteiger partial charge in [0.2, 0.25) is 5.91 Å². The molecule has 0 aromatic heterocycles. The Morgan fingerprint density at radius 1 is 1.08 bits per heavy atom. The molecule has 5 nitrogen and oxygen atoms in total. The van der Waals surface area contributed by atoms with Crippen LogP contribution >= 0.6 is 0 Å². The molecule has 2 aromatic carbocycles. The van der Waals surface area contributed by atoms with Crippen molar-refractivity contribution in [2.75, 3.05) is 0 Å². The standard InChI is InChI=1S/C20H22N2O3/c1-2-6-15-17-12-14(20(24)22-25)9-10-16(17)19(15)21-18(23)11-13-7-4-3-5-8-13/h3-5,7-10,12,15,19,25H,2,6,11H2,1H3,(H,21,23)(H,22,24). The minimum Gasteiger partial charge on any atom is -0.348 e. The Labute approximate surface area is 147 Å². The molecule has 1 aliphatic rings. The van der Waals surface area contributed by atoms with Gasteiger partial charge in [-0.25, -0.2) is 5.48 Å². The van der Waals surface area contributed by atoms with Gasteiger partial charge in [-0.2, -0.15) is 0 Å². The largest absolute Gasteiger partial charge is 0.348 e. The normalized spacial score (nSPS) is 18.0.